The van der Waals surface area contributed by atoms with Gasteiger partial charge in [0.15, 0.2) is 0 Å². The molecule has 0 heterocycles. The monoisotopic (exact) mass is 366 g/mol. The van der Waals surface area contributed by atoms with Crippen LogP contribution in [0.2, 0.25) is 0 Å². The van der Waals surface area contributed by atoms with E-state index in [2.05, 4.69) is 114 Å². The molecule has 0 saturated heterocycles. The second kappa shape index (κ2) is 11.5. The summed E-state index contributed by atoms with van der Waals surface area (Å²) in [6, 6.07) is 17.2. The zero-order chi connectivity index (χ0) is 20.4. The molecule has 2 aromatic rings. The maximum Gasteiger partial charge on any atom is 0.0401 e. The molecule has 0 aliphatic heterocycles. The number of para-hydroxylation sites is 2. The van der Waals surface area contributed by atoms with Gasteiger partial charge in [0, 0.05) is 38.6 Å². The summed E-state index contributed by atoms with van der Waals surface area (Å²) in [5.74, 6) is 1.17. The SMILES string of the molecule is C=CCN(C)c1ccccc1C(C)C.CCN(C)c1ccccc1C(C)C. The van der Waals surface area contributed by atoms with Crippen molar-refractivity contribution in [3.05, 3.63) is 72.3 Å². The highest BCUT2D eigenvalue weighted by molar-refractivity contribution is 5.55. The van der Waals surface area contributed by atoms with Crippen molar-refractivity contribution in [2.24, 2.45) is 0 Å². The van der Waals surface area contributed by atoms with E-state index in [0.29, 0.717) is 11.8 Å². The van der Waals surface area contributed by atoms with Gasteiger partial charge in [0.05, 0.1) is 0 Å². The molecule has 2 rings (SSSR count). The fraction of sp³-hybridized carbons (Fsp3) is 0.440. The van der Waals surface area contributed by atoms with E-state index < -0.39 is 0 Å². The van der Waals surface area contributed by atoms with Crippen LogP contribution in [-0.4, -0.2) is 27.2 Å². The van der Waals surface area contributed by atoms with E-state index in [1.54, 1.807) is 0 Å². The van der Waals surface area contributed by atoms with Gasteiger partial charge >= 0.3 is 0 Å². The Kier molecular flexibility index (Phi) is 9.71. The molecule has 0 atom stereocenters. The largest absolute Gasteiger partial charge is 0.375 e. The van der Waals surface area contributed by atoms with Crippen molar-refractivity contribution in [1.29, 1.82) is 0 Å². The van der Waals surface area contributed by atoms with Crippen LogP contribution in [0.4, 0.5) is 11.4 Å². The highest BCUT2D eigenvalue weighted by atomic mass is 15.1. The summed E-state index contributed by atoms with van der Waals surface area (Å²) < 4.78 is 0. The Balaban J connectivity index is 0.000000271. The molecular weight excluding hydrogens is 328 g/mol. The van der Waals surface area contributed by atoms with Crippen LogP contribution in [0.15, 0.2) is 61.2 Å². The van der Waals surface area contributed by atoms with Crippen LogP contribution in [-0.2, 0) is 0 Å². The first-order valence-corrected chi connectivity index (χ1v) is 10.0. The Hall–Kier alpha value is -2.22. The van der Waals surface area contributed by atoms with Crippen LogP contribution in [0.1, 0.15) is 57.6 Å². The minimum absolute atomic E-state index is 0.568. The summed E-state index contributed by atoms with van der Waals surface area (Å²) >= 11 is 0. The van der Waals surface area contributed by atoms with Crippen molar-refractivity contribution in [3.63, 3.8) is 0 Å². The van der Waals surface area contributed by atoms with Gasteiger partial charge in [0.2, 0.25) is 0 Å². The van der Waals surface area contributed by atoms with Crippen LogP contribution in [0.5, 0.6) is 0 Å². The fourth-order valence-corrected chi connectivity index (χ4v) is 3.11. The zero-order valence-electron chi connectivity index (χ0n) is 18.4. The summed E-state index contributed by atoms with van der Waals surface area (Å²) in [5, 5.41) is 0. The Bertz CT molecular complexity index is 688. The second-order valence-electron chi connectivity index (χ2n) is 7.61. The molecule has 2 nitrogen and oxygen atoms in total. The molecule has 0 spiro atoms. The maximum atomic E-state index is 3.76. The lowest BCUT2D eigenvalue weighted by Crippen LogP contribution is -2.18. The van der Waals surface area contributed by atoms with E-state index in [1.807, 2.05) is 6.08 Å². The van der Waals surface area contributed by atoms with Gasteiger partial charge in [-0.05, 0) is 42.0 Å². The average Bonchev–Trinajstić information content (AvgIpc) is 2.68. The first kappa shape index (κ1) is 22.8. The van der Waals surface area contributed by atoms with Gasteiger partial charge in [-0.1, -0.05) is 70.2 Å². The van der Waals surface area contributed by atoms with Crippen molar-refractivity contribution in [3.8, 4) is 0 Å². The Morgan fingerprint density at radius 1 is 0.778 bits per heavy atom. The Morgan fingerprint density at radius 2 is 1.19 bits per heavy atom. The van der Waals surface area contributed by atoms with E-state index >= 15 is 0 Å². The van der Waals surface area contributed by atoms with Crippen LogP contribution in [0.25, 0.3) is 0 Å². The summed E-state index contributed by atoms with van der Waals surface area (Å²) in [6.45, 7) is 16.8. The average molecular weight is 367 g/mol. The third kappa shape index (κ3) is 6.78. The van der Waals surface area contributed by atoms with Crippen LogP contribution in [0, 0.1) is 0 Å². The fourth-order valence-electron chi connectivity index (χ4n) is 3.11. The van der Waals surface area contributed by atoms with Crippen LogP contribution >= 0.6 is 0 Å². The number of likely N-dealkylation sites (N-methyl/N-ethyl adjacent to an activating group) is 1. The van der Waals surface area contributed by atoms with Gasteiger partial charge in [0.1, 0.15) is 0 Å². The zero-order valence-corrected chi connectivity index (χ0v) is 18.4. The quantitative estimate of drug-likeness (QED) is 0.503. The topological polar surface area (TPSA) is 6.48 Å². The van der Waals surface area contributed by atoms with E-state index in [0.717, 1.165) is 13.1 Å². The molecule has 0 unspecified atom stereocenters. The number of nitrogens with zero attached hydrogens (tertiary/aromatic N) is 2. The van der Waals surface area contributed by atoms with Crippen molar-refractivity contribution >= 4 is 11.4 Å². The number of anilines is 2. The van der Waals surface area contributed by atoms with Gasteiger partial charge in [-0.3, -0.25) is 0 Å². The molecule has 0 aromatic heterocycles. The predicted molar refractivity (Wildman–Crippen MR) is 123 cm³/mol. The lowest BCUT2D eigenvalue weighted by atomic mass is 10.0. The molecular formula is C25H38N2. The molecule has 0 N–H and O–H groups in total. The summed E-state index contributed by atoms with van der Waals surface area (Å²) in [4.78, 5) is 4.51. The van der Waals surface area contributed by atoms with E-state index in [-0.39, 0.29) is 0 Å². The summed E-state index contributed by atoms with van der Waals surface area (Å²) in [5.41, 5.74) is 5.51. The molecule has 0 radical (unpaired) electrons. The van der Waals surface area contributed by atoms with Gasteiger partial charge in [0.25, 0.3) is 0 Å². The first-order chi connectivity index (χ1) is 12.8. The highest BCUT2D eigenvalue weighted by Gasteiger charge is 2.08. The molecule has 0 bridgehead atoms. The number of benzene rings is 2. The minimum atomic E-state index is 0.568. The van der Waals surface area contributed by atoms with Gasteiger partial charge in [-0.2, -0.15) is 0 Å². The van der Waals surface area contributed by atoms with Crippen molar-refractivity contribution in [2.75, 3.05) is 37.0 Å². The lowest BCUT2D eigenvalue weighted by molar-refractivity contribution is 0.847. The number of hydrogen-bond acceptors (Lipinski definition) is 2. The molecule has 148 valence electrons. The molecule has 0 amide bonds. The number of hydrogen-bond donors (Lipinski definition) is 0. The van der Waals surface area contributed by atoms with E-state index in [4.69, 9.17) is 0 Å². The third-order valence-corrected chi connectivity index (χ3v) is 4.82. The molecule has 0 aliphatic carbocycles. The van der Waals surface area contributed by atoms with Crippen LogP contribution in [0.3, 0.4) is 0 Å². The van der Waals surface area contributed by atoms with Gasteiger partial charge in [-0.15, -0.1) is 6.58 Å². The Labute approximate surface area is 167 Å². The Morgan fingerprint density at radius 3 is 1.56 bits per heavy atom. The standard InChI is InChI=1S/C13H19N.C12H19N/c1-5-10-14(4)13-9-7-6-8-12(13)11(2)3;1-5-13(4)12-9-7-6-8-11(12)10(2)3/h5-9,11H,1,10H2,2-4H3;6-10H,5H2,1-4H3. The normalized spacial score (nSPS) is 10.4. The smallest absolute Gasteiger partial charge is 0.0401 e. The minimum Gasteiger partial charge on any atom is -0.375 e. The highest BCUT2D eigenvalue weighted by Crippen LogP contribution is 2.27. The van der Waals surface area contributed by atoms with E-state index in [9.17, 15) is 0 Å². The molecule has 0 fully saturated rings. The number of rotatable bonds is 7. The van der Waals surface area contributed by atoms with E-state index in [1.165, 1.54) is 22.5 Å². The van der Waals surface area contributed by atoms with Crippen molar-refractivity contribution in [1.82, 2.24) is 0 Å². The summed E-state index contributed by atoms with van der Waals surface area (Å²) in [6.07, 6.45) is 1.93. The molecule has 2 heteroatoms. The molecule has 27 heavy (non-hydrogen) atoms. The van der Waals surface area contributed by atoms with Crippen molar-refractivity contribution in [2.45, 2.75) is 46.5 Å². The second-order valence-corrected chi connectivity index (χ2v) is 7.61. The van der Waals surface area contributed by atoms with Gasteiger partial charge < -0.3 is 9.80 Å². The van der Waals surface area contributed by atoms with Gasteiger partial charge in [-0.25, -0.2) is 0 Å². The first-order valence-electron chi connectivity index (χ1n) is 10.0. The van der Waals surface area contributed by atoms with Crippen LogP contribution < -0.4 is 9.80 Å². The third-order valence-electron chi connectivity index (χ3n) is 4.82. The predicted octanol–water partition coefficient (Wildman–Crippen LogP) is 6.70. The molecule has 0 saturated carbocycles. The van der Waals surface area contributed by atoms with Crippen molar-refractivity contribution < 1.29 is 0 Å². The lowest BCUT2D eigenvalue weighted by Gasteiger charge is -2.22. The maximum absolute atomic E-state index is 3.76. The molecule has 0 aliphatic rings. The molecule has 2 aromatic carbocycles. The summed E-state index contributed by atoms with van der Waals surface area (Å²) in [7, 11) is 4.24.